The van der Waals surface area contributed by atoms with E-state index in [1.807, 2.05) is 0 Å². The van der Waals surface area contributed by atoms with Crippen LogP contribution < -0.4 is 5.32 Å². The van der Waals surface area contributed by atoms with Crippen LogP contribution >= 0.6 is 0 Å². The maximum atomic E-state index is 9.57. The Morgan fingerprint density at radius 3 is 2.44 bits per heavy atom. The number of hydrogen-bond donors (Lipinski definition) is 2. The second-order valence-electron chi connectivity index (χ2n) is 5.23. The first-order chi connectivity index (χ1) is 8.78. The standard InChI is InChI=1S/C15H24N2O/c1-2-16-15(13-18)8-10-17(11-9-15)12-14-6-4-3-5-7-14/h3-7,16,18H,2,8-13H2,1H3. The first-order valence-corrected chi connectivity index (χ1v) is 6.90. The van der Waals surface area contributed by atoms with Gasteiger partial charge in [0, 0.05) is 25.2 Å². The fraction of sp³-hybridized carbons (Fsp3) is 0.600. The summed E-state index contributed by atoms with van der Waals surface area (Å²) in [4.78, 5) is 2.47. The summed E-state index contributed by atoms with van der Waals surface area (Å²) in [6, 6.07) is 10.6. The van der Waals surface area contributed by atoms with Gasteiger partial charge in [0.1, 0.15) is 0 Å². The lowest BCUT2D eigenvalue weighted by Gasteiger charge is -2.41. The Morgan fingerprint density at radius 1 is 1.22 bits per heavy atom. The quantitative estimate of drug-likeness (QED) is 0.831. The first kappa shape index (κ1) is 13.5. The third kappa shape index (κ3) is 3.31. The zero-order valence-electron chi connectivity index (χ0n) is 11.2. The van der Waals surface area contributed by atoms with Crippen LogP contribution in [0, 0.1) is 0 Å². The van der Waals surface area contributed by atoms with Crippen LogP contribution in [-0.2, 0) is 6.54 Å². The van der Waals surface area contributed by atoms with Crippen molar-refractivity contribution >= 4 is 0 Å². The normalized spacial score (nSPS) is 19.9. The first-order valence-electron chi connectivity index (χ1n) is 6.90. The Hall–Kier alpha value is -0.900. The molecular formula is C15H24N2O. The van der Waals surface area contributed by atoms with Crippen LogP contribution in [0.5, 0.6) is 0 Å². The van der Waals surface area contributed by atoms with Crippen molar-refractivity contribution in [2.24, 2.45) is 0 Å². The summed E-state index contributed by atoms with van der Waals surface area (Å²) in [7, 11) is 0. The second-order valence-corrected chi connectivity index (χ2v) is 5.23. The van der Waals surface area contributed by atoms with Gasteiger partial charge < -0.3 is 10.4 Å². The molecule has 1 saturated heterocycles. The summed E-state index contributed by atoms with van der Waals surface area (Å²) in [5.41, 5.74) is 1.33. The van der Waals surface area contributed by atoms with Gasteiger partial charge in [0.05, 0.1) is 6.61 Å². The van der Waals surface area contributed by atoms with Gasteiger partial charge in [-0.1, -0.05) is 37.3 Å². The van der Waals surface area contributed by atoms with Gasteiger partial charge in [-0.2, -0.15) is 0 Å². The number of piperidine rings is 1. The monoisotopic (exact) mass is 248 g/mol. The third-order valence-corrected chi connectivity index (χ3v) is 3.92. The van der Waals surface area contributed by atoms with Crippen LogP contribution in [0.3, 0.4) is 0 Å². The van der Waals surface area contributed by atoms with E-state index in [4.69, 9.17) is 0 Å². The molecule has 2 rings (SSSR count). The van der Waals surface area contributed by atoms with Crippen molar-refractivity contribution in [3.63, 3.8) is 0 Å². The van der Waals surface area contributed by atoms with Crippen LogP contribution in [-0.4, -0.2) is 41.8 Å². The second kappa shape index (κ2) is 6.32. The van der Waals surface area contributed by atoms with Crippen molar-refractivity contribution in [3.05, 3.63) is 35.9 Å². The fourth-order valence-electron chi connectivity index (χ4n) is 2.75. The van der Waals surface area contributed by atoms with Gasteiger partial charge >= 0.3 is 0 Å². The lowest BCUT2D eigenvalue weighted by atomic mass is 9.88. The summed E-state index contributed by atoms with van der Waals surface area (Å²) < 4.78 is 0. The average molecular weight is 248 g/mol. The van der Waals surface area contributed by atoms with E-state index in [0.717, 1.165) is 39.0 Å². The molecule has 0 saturated carbocycles. The topological polar surface area (TPSA) is 35.5 Å². The highest BCUT2D eigenvalue weighted by molar-refractivity contribution is 5.14. The van der Waals surface area contributed by atoms with E-state index in [-0.39, 0.29) is 12.1 Å². The number of hydrogen-bond acceptors (Lipinski definition) is 3. The number of likely N-dealkylation sites (N-methyl/N-ethyl adjacent to an activating group) is 1. The Balaban J connectivity index is 1.86. The highest BCUT2D eigenvalue weighted by Crippen LogP contribution is 2.22. The van der Waals surface area contributed by atoms with Gasteiger partial charge in [-0.15, -0.1) is 0 Å². The van der Waals surface area contributed by atoms with Gasteiger partial charge in [0.25, 0.3) is 0 Å². The molecule has 0 unspecified atom stereocenters. The molecule has 0 radical (unpaired) electrons. The minimum absolute atomic E-state index is 0.0397. The summed E-state index contributed by atoms with van der Waals surface area (Å²) in [6.07, 6.45) is 2.06. The van der Waals surface area contributed by atoms with Gasteiger partial charge in [-0.3, -0.25) is 4.90 Å². The molecule has 0 bridgehead atoms. The molecule has 0 aromatic heterocycles. The average Bonchev–Trinajstić information content (AvgIpc) is 2.43. The molecule has 1 fully saturated rings. The molecule has 100 valence electrons. The van der Waals surface area contributed by atoms with Crippen molar-refractivity contribution in [3.8, 4) is 0 Å². The fourth-order valence-corrected chi connectivity index (χ4v) is 2.75. The minimum atomic E-state index is -0.0397. The van der Waals surface area contributed by atoms with Crippen molar-refractivity contribution in [1.82, 2.24) is 10.2 Å². The number of likely N-dealkylation sites (tertiary alicyclic amines) is 1. The summed E-state index contributed by atoms with van der Waals surface area (Å²) in [5, 5.41) is 13.0. The Labute approximate surface area is 110 Å². The highest BCUT2D eigenvalue weighted by atomic mass is 16.3. The molecule has 0 spiro atoms. The number of benzene rings is 1. The van der Waals surface area contributed by atoms with E-state index < -0.39 is 0 Å². The molecule has 1 aromatic carbocycles. The van der Waals surface area contributed by atoms with E-state index >= 15 is 0 Å². The molecule has 3 heteroatoms. The van der Waals surface area contributed by atoms with E-state index in [0.29, 0.717) is 0 Å². The maximum Gasteiger partial charge on any atom is 0.0614 e. The molecule has 1 aliphatic heterocycles. The van der Waals surface area contributed by atoms with Gasteiger partial charge in [0.2, 0.25) is 0 Å². The Kier molecular flexibility index (Phi) is 4.75. The molecule has 0 atom stereocenters. The predicted molar refractivity (Wildman–Crippen MR) is 74.4 cm³/mol. The third-order valence-electron chi connectivity index (χ3n) is 3.92. The number of nitrogens with one attached hydrogen (secondary N) is 1. The van der Waals surface area contributed by atoms with E-state index in [2.05, 4.69) is 47.5 Å². The summed E-state index contributed by atoms with van der Waals surface area (Å²) in [5.74, 6) is 0. The van der Waals surface area contributed by atoms with Gasteiger partial charge in [0.15, 0.2) is 0 Å². The number of aliphatic hydroxyl groups is 1. The van der Waals surface area contributed by atoms with Crippen molar-refractivity contribution in [2.75, 3.05) is 26.2 Å². The van der Waals surface area contributed by atoms with Gasteiger partial charge in [-0.05, 0) is 24.9 Å². The van der Waals surface area contributed by atoms with Crippen LogP contribution in [0.25, 0.3) is 0 Å². The number of rotatable bonds is 5. The lowest BCUT2D eigenvalue weighted by Crippen LogP contribution is -2.55. The molecule has 0 amide bonds. The van der Waals surface area contributed by atoms with Crippen molar-refractivity contribution in [1.29, 1.82) is 0 Å². The Bertz CT molecular complexity index is 345. The molecule has 1 heterocycles. The lowest BCUT2D eigenvalue weighted by molar-refractivity contribution is 0.0769. The van der Waals surface area contributed by atoms with E-state index in [1.165, 1.54) is 5.56 Å². The van der Waals surface area contributed by atoms with Crippen LogP contribution in [0.1, 0.15) is 25.3 Å². The molecule has 0 aliphatic carbocycles. The van der Waals surface area contributed by atoms with Crippen LogP contribution in [0.15, 0.2) is 30.3 Å². The van der Waals surface area contributed by atoms with Crippen molar-refractivity contribution < 1.29 is 5.11 Å². The summed E-state index contributed by atoms with van der Waals surface area (Å²) in [6.45, 7) is 6.42. The molecule has 18 heavy (non-hydrogen) atoms. The molecule has 2 N–H and O–H groups in total. The van der Waals surface area contributed by atoms with Crippen LogP contribution in [0.2, 0.25) is 0 Å². The SMILES string of the molecule is CCNC1(CO)CCN(Cc2ccccc2)CC1. The van der Waals surface area contributed by atoms with Crippen molar-refractivity contribution in [2.45, 2.75) is 31.8 Å². The largest absolute Gasteiger partial charge is 0.394 e. The highest BCUT2D eigenvalue weighted by Gasteiger charge is 2.32. The Morgan fingerprint density at radius 2 is 1.89 bits per heavy atom. The smallest absolute Gasteiger partial charge is 0.0614 e. The zero-order valence-corrected chi connectivity index (χ0v) is 11.2. The molecule has 1 aliphatic rings. The predicted octanol–water partition coefficient (Wildman–Crippen LogP) is 1.62. The van der Waals surface area contributed by atoms with E-state index in [1.54, 1.807) is 0 Å². The van der Waals surface area contributed by atoms with Crippen LogP contribution in [0.4, 0.5) is 0 Å². The maximum absolute atomic E-state index is 9.57. The summed E-state index contributed by atoms with van der Waals surface area (Å²) >= 11 is 0. The molecular weight excluding hydrogens is 224 g/mol. The molecule has 3 nitrogen and oxygen atoms in total. The molecule has 1 aromatic rings. The van der Waals surface area contributed by atoms with E-state index in [9.17, 15) is 5.11 Å². The number of nitrogens with zero attached hydrogens (tertiary/aromatic N) is 1. The zero-order chi connectivity index (χ0) is 12.8. The van der Waals surface area contributed by atoms with Gasteiger partial charge in [-0.25, -0.2) is 0 Å². The number of aliphatic hydroxyl groups excluding tert-OH is 1. The minimum Gasteiger partial charge on any atom is -0.394 e.